The van der Waals surface area contributed by atoms with Crippen LogP contribution in [-0.2, 0) is 9.53 Å². The van der Waals surface area contributed by atoms with Gasteiger partial charge in [-0.1, -0.05) is 23.2 Å². The summed E-state index contributed by atoms with van der Waals surface area (Å²) in [6.45, 7) is 7.49. The topological polar surface area (TPSA) is 91.7 Å². The van der Waals surface area contributed by atoms with Gasteiger partial charge < -0.3 is 25.2 Å². The van der Waals surface area contributed by atoms with Crippen LogP contribution in [0.4, 0.5) is 16.2 Å². The fourth-order valence-electron chi connectivity index (χ4n) is 3.37. The number of rotatable bonds is 5. The molecule has 0 aliphatic carbocycles. The third kappa shape index (κ3) is 6.27. The highest BCUT2D eigenvalue weighted by Gasteiger charge is 2.29. The van der Waals surface area contributed by atoms with Gasteiger partial charge in [-0.15, -0.1) is 0 Å². The molecule has 12 heteroatoms. The van der Waals surface area contributed by atoms with Gasteiger partial charge in [-0.05, 0) is 51.2 Å². The first-order valence-electron chi connectivity index (χ1n) is 10.5. The summed E-state index contributed by atoms with van der Waals surface area (Å²) in [5, 5.41) is 11.9. The molecule has 1 aromatic heterocycles. The summed E-state index contributed by atoms with van der Waals surface area (Å²) in [4.78, 5) is 28.2. The molecule has 1 unspecified atom stereocenters. The Labute approximate surface area is 207 Å². The Hall–Kier alpha value is -2.56. The molecule has 2 aromatic rings. The molecule has 33 heavy (non-hydrogen) atoms. The smallest absolute Gasteiger partial charge is 0.409 e. The number of aromatic nitrogens is 2. The quantitative estimate of drug-likeness (QED) is 0.580. The van der Waals surface area contributed by atoms with Crippen molar-refractivity contribution in [2.75, 3.05) is 43.4 Å². The van der Waals surface area contributed by atoms with E-state index in [1.807, 2.05) is 6.92 Å². The number of benzene rings is 1. The molecule has 178 valence electrons. The fraction of sp³-hybridized carbons (Fsp3) is 0.429. The molecule has 1 saturated heterocycles. The number of aryl methyl sites for hydroxylation is 1. The molecule has 0 saturated carbocycles. The maximum Gasteiger partial charge on any atom is 0.409 e. The Kier molecular flexibility index (Phi) is 8.39. The van der Waals surface area contributed by atoms with Crippen LogP contribution in [0.15, 0.2) is 24.4 Å². The van der Waals surface area contributed by atoms with Crippen LogP contribution in [0.3, 0.4) is 0 Å². The number of anilines is 2. The standard InChI is InChI=1S/C21H26Cl2N6O3S/c1-4-32-21(31)28-9-7-27(8-10-28)19(30)14(3)29-12-18(13(2)26-29)25-20(33)24-17-6-5-15(22)11-16(17)23/h5-6,11-12,14H,4,7-10H2,1-3H3,(H2,24,25,33). The molecule has 2 N–H and O–H groups in total. The van der Waals surface area contributed by atoms with Crippen LogP contribution in [0.1, 0.15) is 25.6 Å². The molecular weight excluding hydrogens is 487 g/mol. The van der Waals surface area contributed by atoms with Crippen LogP contribution in [0.25, 0.3) is 0 Å². The third-order valence-corrected chi connectivity index (χ3v) is 5.97. The molecule has 2 heterocycles. The summed E-state index contributed by atoms with van der Waals surface area (Å²) in [5.41, 5.74) is 1.98. The van der Waals surface area contributed by atoms with E-state index in [0.29, 0.717) is 65.0 Å². The molecule has 1 aliphatic heterocycles. The summed E-state index contributed by atoms with van der Waals surface area (Å²) in [7, 11) is 0. The summed E-state index contributed by atoms with van der Waals surface area (Å²) >= 11 is 17.5. The summed E-state index contributed by atoms with van der Waals surface area (Å²) in [5.74, 6) is -0.0683. The monoisotopic (exact) mass is 512 g/mol. The Morgan fingerprint density at radius 1 is 1.15 bits per heavy atom. The first kappa shape index (κ1) is 25.1. The second-order valence-corrected chi connectivity index (χ2v) is 8.75. The predicted octanol–water partition coefficient (Wildman–Crippen LogP) is 4.17. The Balaban J connectivity index is 1.59. The lowest BCUT2D eigenvalue weighted by Crippen LogP contribution is -2.52. The number of thiocarbonyl (C=S) groups is 1. The van der Waals surface area contributed by atoms with E-state index >= 15 is 0 Å². The summed E-state index contributed by atoms with van der Waals surface area (Å²) in [6.07, 6.45) is 1.39. The molecule has 3 rings (SSSR count). The van der Waals surface area contributed by atoms with E-state index in [2.05, 4.69) is 15.7 Å². The van der Waals surface area contributed by atoms with Crippen molar-refractivity contribution in [1.82, 2.24) is 19.6 Å². The average molecular weight is 513 g/mol. The van der Waals surface area contributed by atoms with Crippen molar-refractivity contribution in [2.45, 2.75) is 26.8 Å². The van der Waals surface area contributed by atoms with E-state index in [0.717, 1.165) is 0 Å². The van der Waals surface area contributed by atoms with Gasteiger partial charge in [0.2, 0.25) is 5.91 Å². The van der Waals surface area contributed by atoms with Crippen LogP contribution in [0.5, 0.6) is 0 Å². The number of hydrogen-bond donors (Lipinski definition) is 2. The Morgan fingerprint density at radius 2 is 1.79 bits per heavy atom. The number of carbonyl (C=O) groups is 2. The number of ether oxygens (including phenoxy) is 1. The minimum Gasteiger partial charge on any atom is -0.450 e. The van der Waals surface area contributed by atoms with Crippen molar-refractivity contribution in [2.24, 2.45) is 0 Å². The lowest BCUT2D eigenvalue weighted by molar-refractivity contribution is -0.136. The fourth-order valence-corrected chi connectivity index (χ4v) is 4.05. The van der Waals surface area contributed by atoms with Crippen molar-refractivity contribution in [1.29, 1.82) is 0 Å². The van der Waals surface area contributed by atoms with Gasteiger partial charge in [0.25, 0.3) is 0 Å². The maximum atomic E-state index is 13.0. The van der Waals surface area contributed by atoms with Crippen LogP contribution < -0.4 is 10.6 Å². The van der Waals surface area contributed by atoms with Crippen molar-refractivity contribution in [3.05, 3.63) is 40.1 Å². The van der Waals surface area contributed by atoms with Gasteiger partial charge in [0.15, 0.2) is 5.11 Å². The van der Waals surface area contributed by atoms with E-state index in [9.17, 15) is 9.59 Å². The number of nitrogens with one attached hydrogen (secondary N) is 2. The average Bonchev–Trinajstić information content (AvgIpc) is 3.15. The largest absolute Gasteiger partial charge is 0.450 e. The van der Waals surface area contributed by atoms with Gasteiger partial charge in [-0.2, -0.15) is 5.10 Å². The summed E-state index contributed by atoms with van der Waals surface area (Å²) < 4.78 is 6.63. The number of hydrogen-bond acceptors (Lipinski definition) is 5. The highest BCUT2D eigenvalue weighted by Crippen LogP contribution is 2.26. The van der Waals surface area contributed by atoms with Gasteiger partial charge in [0.1, 0.15) is 6.04 Å². The van der Waals surface area contributed by atoms with Gasteiger partial charge in [0, 0.05) is 37.4 Å². The van der Waals surface area contributed by atoms with E-state index < -0.39 is 6.04 Å². The molecular formula is C21H26Cl2N6O3S. The highest BCUT2D eigenvalue weighted by molar-refractivity contribution is 7.80. The van der Waals surface area contributed by atoms with Crippen LogP contribution >= 0.6 is 35.4 Å². The number of carbonyl (C=O) groups excluding carboxylic acids is 2. The zero-order valence-electron chi connectivity index (χ0n) is 18.6. The van der Waals surface area contributed by atoms with Crippen LogP contribution in [-0.4, -0.2) is 69.5 Å². The minimum atomic E-state index is -0.513. The molecule has 1 aliphatic rings. The molecule has 9 nitrogen and oxygen atoms in total. The number of amides is 2. The second kappa shape index (κ2) is 11.0. The molecule has 0 bridgehead atoms. The molecule has 0 radical (unpaired) electrons. The van der Waals surface area contributed by atoms with Crippen molar-refractivity contribution < 1.29 is 14.3 Å². The number of nitrogens with zero attached hydrogens (tertiary/aromatic N) is 4. The minimum absolute atomic E-state index is 0.0683. The lowest BCUT2D eigenvalue weighted by atomic mass is 10.2. The third-order valence-electron chi connectivity index (χ3n) is 5.22. The lowest BCUT2D eigenvalue weighted by Gasteiger charge is -2.35. The molecule has 0 spiro atoms. The van der Waals surface area contributed by atoms with Gasteiger partial charge in [-0.3, -0.25) is 9.48 Å². The maximum absolute atomic E-state index is 13.0. The van der Waals surface area contributed by atoms with Gasteiger partial charge in [-0.25, -0.2) is 4.79 Å². The van der Waals surface area contributed by atoms with Gasteiger partial charge >= 0.3 is 6.09 Å². The van der Waals surface area contributed by atoms with Crippen LogP contribution in [0.2, 0.25) is 10.0 Å². The Morgan fingerprint density at radius 3 is 2.42 bits per heavy atom. The first-order chi connectivity index (χ1) is 15.7. The predicted molar refractivity (Wildman–Crippen MR) is 133 cm³/mol. The van der Waals surface area contributed by atoms with Crippen LogP contribution in [0, 0.1) is 6.92 Å². The van der Waals surface area contributed by atoms with E-state index in [1.54, 1.807) is 52.7 Å². The summed E-state index contributed by atoms with van der Waals surface area (Å²) in [6, 6.07) is 4.55. The van der Waals surface area contributed by atoms with Crippen molar-refractivity contribution in [3.8, 4) is 0 Å². The number of halogens is 2. The number of piperazine rings is 1. The first-order valence-corrected chi connectivity index (χ1v) is 11.6. The molecule has 2 amide bonds. The SMILES string of the molecule is CCOC(=O)N1CCN(C(=O)C(C)n2cc(NC(=S)Nc3ccc(Cl)cc3Cl)c(C)n2)CC1. The molecule has 1 aromatic carbocycles. The van der Waals surface area contributed by atoms with Crippen molar-refractivity contribution >= 4 is 63.9 Å². The van der Waals surface area contributed by atoms with E-state index in [-0.39, 0.29) is 12.0 Å². The zero-order chi connectivity index (χ0) is 24.1. The van der Waals surface area contributed by atoms with Gasteiger partial charge in [0.05, 0.1) is 28.7 Å². The molecule has 1 fully saturated rings. The highest BCUT2D eigenvalue weighted by atomic mass is 35.5. The zero-order valence-corrected chi connectivity index (χ0v) is 20.9. The molecule has 1 atom stereocenters. The van der Waals surface area contributed by atoms with Crippen molar-refractivity contribution in [3.63, 3.8) is 0 Å². The Bertz CT molecular complexity index is 1040. The van der Waals surface area contributed by atoms with E-state index in [4.69, 9.17) is 40.2 Å². The second-order valence-electron chi connectivity index (χ2n) is 7.50. The normalized spacial score (nSPS) is 14.6. The van der Waals surface area contributed by atoms with E-state index in [1.165, 1.54) is 0 Å².